The third kappa shape index (κ3) is 3.33. The van der Waals surface area contributed by atoms with E-state index in [0.717, 1.165) is 28.0 Å². The number of carbonyl (C=O) groups is 1. The number of methoxy groups -OCH3 is 2. The smallest absolute Gasteiger partial charge is 0.404 e. The summed E-state index contributed by atoms with van der Waals surface area (Å²) >= 11 is 0. The number of amides is 1. The van der Waals surface area contributed by atoms with Gasteiger partial charge in [-0.3, -0.25) is 0 Å². The fourth-order valence-electron chi connectivity index (χ4n) is 3.21. The first-order valence-corrected chi connectivity index (χ1v) is 8.01. The third-order valence-electron chi connectivity index (χ3n) is 4.22. The summed E-state index contributed by atoms with van der Waals surface area (Å²) in [5.41, 5.74) is 3.98. The molecule has 25 heavy (non-hydrogen) atoms. The molecule has 1 unspecified atom stereocenters. The maximum Gasteiger partial charge on any atom is 0.404 e. The van der Waals surface area contributed by atoms with Crippen molar-refractivity contribution in [3.05, 3.63) is 41.5 Å². The summed E-state index contributed by atoms with van der Waals surface area (Å²) in [6, 6.07) is 9.83. The molecule has 1 atom stereocenters. The lowest BCUT2D eigenvalue weighted by atomic mass is 9.97. The summed E-state index contributed by atoms with van der Waals surface area (Å²) in [5.74, 6) is 2.07. The van der Waals surface area contributed by atoms with E-state index >= 15 is 0 Å². The fourth-order valence-corrected chi connectivity index (χ4v) is 3.21. The number of fused-ring (bicyclic) bond motifs is 1. The zero-order valence-corrected chi connectivity index (χ0v) is 14.5. The number of aryl methyl sites for hydroxylation is 1. The second kappa shape index (κ2) is 6.93. The number of rotatable bonds is 5. The highest BCUT2D eigenvalue weighted by Gasteiger charge is 2.28. The average molecular weight is 343 g/mol. The molecule has 3 rings (SSSR count). The van der Waals surface area contributed by atoms with Gasteiger partial charge in [0.25, 0.3) is 0 Å². The zero-order chi connectivity index (χ0) is 18.0. The van der Waals surface area contributed by atoms with Crippen LogP contribution in [0.3, 0.4) is 0 Å². The minimum Gasteiger partial charge on any atom is -0.493 e. The van der Waals surface area contributed by atoms with Crippen molar-refractivity contribution < 1.29 is 24.1 Å². The molecule has 0 aliphatic carbocycles. The molecule has 2 aromatic rings. The normalized spacial score (nSPS) is 15.2. The third-order valence-corrected chi connectivity index (χ3v) is 4.22. The van der Waals surface area contributed by atoms with Crippen molar-refractivity contribution in [2.24, 2.45) is 0 Å². The van der Waals surface area contributed by atoms with Gasteiger partial charge in [-0.15, -0.1) is 0 Å². The van der Waals surface area contributed by atoms with Crippen molar-refractivity contribution in [2.75, 3.05) is 20.8 Å². The maximum absolute atomic E-state index is 10.7. The molecular formula is C19H21NO5. The van der Waals surface area contributed by atoms with Gasteiger partial charge in [-0.25, -0.2) is 4.79 Å². The van der Waals surface area contributed by atoms with Gasteiger partial charge in [-0.1, -0.05) is 18.2 Å². The molecule has 0 radical (unpaired) electrons. The van der Waals surface area contributed by atoms with Gasteiger partial charge in [-0.05, 0) is 30.2 Å². The lowest BCUT2D eigenvalue weighted by molar-refractivity contribution is 0.181. The molecule has 0 aromatic heterocycles. The molecular weight excluding hydrogens is 322 g/mol. The van der Waals surface area contributed by atoms with Crippen molar-refractivity contribution in [3.63, 3.8) is 0 Å². The molecule has 6 nitrogen and oxygen atoms in total. The van der Waals surface area contributed by atoms with Crippen LogP contribution in [0.1, 0.15) is 11.1 Å². The first kappa shape index (κ1) is 17.0. The minimum atomic E-state index is -1.05. The highest BCUT2D eigenvalue weighted by molar-refractivity contribution is 5.80. The van der Waals surface area contributed by atoms with Crippen molar-refractivity contribution in [1.29, 1.82) is 0 Å². The number of benzene rings is 2. The summed E-state index contributed by atoms with van der Waals surface area (Å²) in [5, 5.41) is 11.2. The fraction of sp³-hybridized carbons (Fsp3) is 0.316. The largest absolute Gasteiger partial charge is 0.493 e. The summed E-state index contributed by atoms with van der Waals surface area (Å²) in [7, 11) is 3.21. The molecule has 1 aliphatic rings. The first-order valence-electron chi connectivity index (χ1n) is 8.01. The molecule has 0 saturated heterocycles. The first-order chi connectivity index (χ1) is 12.0. The van der Waals surface area contributed by atoms with E-state index in [1.54, 1.807) is 14.2 Å². The summed E-state index contributed by atoms with van der Waals surface area (Å²) in [6.07, 6.45) is -0.606. The Morgan fingerprint density at radius 3 is 2.76 bits per heavy atom. The maximum atomic E-state index is 10.7. The van der Waals surface area contributed by atoms with Crippen LogP contribution in [0.25, 0.3) is 11.1 Å². The monoisotopic (exact) mass is 343 g/mol. The second-order valence-corrected chi connectivity index (χ2v) is 5.97. The molecule has 1 aliphatic heterocycles. The predicted molar refractivity (Wildman–Crippen MR) is 93.9 cm³/mol. The van der Waals surface area contributed by atoms with Gasteiger partial charge in [0.15, 0.2) is 11.5 Å². The molecule has 2 aromatic carbocycles. The number of carboxylic acid groups (broad SMARTS) is 1. The van der Waals surface area contributed by atoms with Crippen LogP contribution in [-0.4, -0.2) is 38.1 Å². The average Bonchev–Trinajstić information content (AvgIpc) is 3.01. The van der Waals surface area contributed by atoms with E-state index in [9.17, 15) is 4.79 Å². The SMILES string of the molecule is COc1cccc(-c2cc(C)cc3c2OC(CNC(=O)O)C3)c1OC. The highest BCUT2D eigenvalue weighted by Crippen LogP contribution is 2.45. The van der Waals surface area contributed by atoms with Crippen LogP contribution in [0.5, 0.6) is 17.2 Å². The van der Waals surface area contributed by atoms with Gasteiger partial charge < -0.3 is 24.6 Å². The summed E-state index contributed by atoms with van der Waals surface area (Å²) in [4.78, 5) is 10.7. The number of para-hydroxylation sites is 1. The molecule has 0 saturated carbocycles. The lowest BCUT2D eigenvalue weighted by Crippen LogP contribution is -2.33. The second-order valence-electron chi connectivity index (χ2n) is 5.97. The van der Waals surface area contributed by atoms with Gasteiger partial charge >= 0.3 is 6.09 Å². The van der Waals surface area contributed by atoms with Gasteiger partial charge in [0, 0.05) is 17.5 Å². The topological polar surface area (TPSA) is 77.0 Å². The molecule has 0 spiro atoms. The van der Waals surface area contributed by atoms with Gasteiger partial charge in [0.05, 0.1) is 20.8 Å². The quantitative estimate of drug-likeness (QED) is 0.871. The highest BCUT2D eigenvalue weighted by atomic mass is 16.5. The van der Waals surface area contributed by atoms with Crippen LogP contribution in [0.2, 0.25) is 0 Å². The van der Waals surface area contributed by atoms with E-state index in [1.807, 2.05) is 31.2 Å². The van der Waals surface area contributed by atoms with Crippen molar-refractivity contribution in [3.8, 4) is 28.4 Å². The Kier molecular flexibility index (Phi) is 4.70. The number of hydrogen-bond donors (Lipinski definition) is 2. The predicted octanol–water partition coefficient (Wildman–Crippen LogP) is 3.25. The van der Waals surface area contributed by atoms with Gasteiger partial charge in [0.2, 0.25) is 0 Å². The molecule has 1 heterocycles. The minimum absolute atomic E-state index is 0.219. The van der Waals surface area contributed by atoms with Crippen LogP contribution < -0.4 is 19.5 Å². The van der Waals surface area contributed by atoms with Crippen LogP contribution in [0.4, 0.5) is 4.79 Å². The molecule has 1 amide bonds. The summed E-state index contributed by atoms with van der Waals surface area (Å²) in [6.45, 7) is 2.27. The molecule has 0 fully saturated rings. The van der Waals surface area contributed by atoms with E-state index < -0.39 is 6.09 Å². The van der Waals surface area contributed by atoms with Crippen LogP contribution in [-0.2, 0) is 6.42 Å². The Hall–Kier alpha value is -2.89. The van der Waals surface area contributed by atoms with Crippen LogP contribution in [0.15, 0.2) is 30.3 Å². The van der Waals surface area contributed by atoms with Gasteiger partial charge in [-0.2, -0.15) is 0 Å². The number of hydrogen-bond acceptors (Lipinski definition) is 4. The Balaban J connectivity index is 2.02. The zero-order valence-electron chi connectivity index (χ0n) is 14.5. The van der Waals surface area contributed by atoms with Crippen molar-refractivity contribution >= 4 is 6.09 Å². The summed E-state index contributed by atoms with van der Waals surface area (Å²) < 4.78 is 17.0. The molecule has 132 valence electrons. The van der Waals surface area contributed by atoms with Crippen molar-refractivity contribution in [2.45, 2.75) is 19.4 Å². The molecule has 6 heteroatoms. The van der Waals surface area contributed by atoms with E-state index in [2.05, 4.69) is 11.4 Å². The number of ether oxygens (including phenoxy) is 3. The van der Waals surface area contributed by atoms with E-state index in [1.165, 1.54) is 0 Å². The van der Waals surface area contributed by atoms with E-state index in [-0.39, 0.29) is 12.6 Å². The Labute approximate surface area is 146 Å². The standard InChI is InChI=1S/C19H21NO5/c1-11-7-12-9-13(10-20-19(21)22)25-17(12)15(8-11)14-5-4-6-16(23-2)18(14)24-3/h4-8,13,20H,9-10H2,1-3H3,(H,21,22). The molecule has 0 bridgehead atoms. The molecule has 2 N–H and O–H groups in total. The van der Waals surface area contributed by atoms with Crippen molar-refractivity contribution in [1.82, 2.24) is 5.32 Å². The van der Waals surface area contributed by atoms with Gasteiger partial charge in [0.1, 0.15) is 11.9 Å². The van der Waals surface area contributed by atoms with Crippen LogP contribution >= 0.6 is 0 Å². The van der Waals surface area contributed by atoms with E-state index in [4.69, 9.17) is 19.3 Å². The Bertz CT molecular complexity index is 803. The lowest BCUT2D eigenvalue weighted by Gasteiger charge is -2.16. The Morgan fingerprint density at radius 1 is 1.28 bits per heavy atom. The Morgan fingerprint density at radius 2 is 2.08 bits per heavy atom. The van der Waals surface area contributed by atoms with Crippen LogP contribution in [0, 0.1) is 6.92 Å². The van der Waals surface area contributed by atoms with E-state index in [0.29, 0.717) is 17.9 Å². The number of nitrogens with one attached hydrogen (secondary N) is 1.